The maximum Gasteiger partial charge on any atom is 0.332 e. The molecule has 3 atom stereocenters. The molecule has 0 radical (unpaired) electrons. The highest BCUT2D eigenvalue weighted by Crippen LogP contribution is 2.47. The van der Waals surface area contributed by atoms with Gasteiger partial charge in [-0.3, -0.25) is 14.5 Å². The number of methoxy groups -OCH3 is 1. The van der Waals surface area contributed by atoms with E-state index in [1.54, 1.807) is 30.3 Å². The molecule has 1 aliphatic heterocycles. The van der Waals surface area contributed by atoms with E-state index in [1.165, 1.54) is 7.11 Å². The first kappa shape index (κ1) is 13.8. The third-order valence-corrected chi connectivity index (χ3v) is 4.20. The maximum absolute atomic E-state index is 12.1. The molecule has 0 aromatic heterocycles. The lowest BCUT2D eigenvalue weighted by Gasteiger charge is -2.31. The lowest BCUT2D eigenvalue weighted by molar-refractivity contribution is -0.151. The number of hydrogen-bond acceptors (Lipinski definition) is 5. The number of amides is 2. The first-order valence-corrected chi connectivity index (χ1v) is 6.77. The van der Waals surface area contributed by atoms with Crippen molar-refractivity contribution in [3.63, 3.8) is 0 Å². The molecule has 3 rings (SSSR count). The molecule has 6 heteroatoms. The number of nitrogens with two attached hydrogens (primary N) is 1. The Hall–Kier alpha value is -2.21. The van der Waals surface area contributed by atoms with E-state index in [9.17, 15) is 14.4 Å². The van der Waals surface area contributed by atoms with Gasteiger partial charge in [0, 0.05) is 0 Å². The molecule has 1 aromatic carbocycles. The Labute approximate surface area is 121 Å². The van der Waals surface area contributed by atoms with Gasteiger partial charge in [-0.05, 0) is 12.0 Å². The number of hydrogen-bond donors (Lipinski definition) is 1. The number of esters is 1. The van der Waals surface area contributed by atoms with E-state index in [0.717, 1.165) is 4.90 Å². The second kappa shape index (κ2) is 4.66. The van der Waals surface area contributed by atoms with Crippen molar-refractivity contribution in [2.24, 2.45) is 17.6 Å². The number of nitrogens with zero attached hydrogens (tertiary/aromatic N) is 1. The molecule has 3 unspecified atom stereocenters. The van der Waals surface area contributed by atoms with Crippen LogP contribution in [0, 0.1) is 11.8 Å². The summed E-state index contributed by atoms with van der Waals surface area (Å²) in [5.74, 6) is -1.57. The molecule has 2 amide bonds. The van der Waals surface area contributed by atoms with Crippen LogP contribution in [0.2, 0.25) is 0 Å². The average Bonchev–Trinajstić information content (AvgIpc) is 3.27. The van der Waals surface area contributed by atoms with E-state index in [4.69, 9.17) is 10.5 Å². The van der Waals surface area contributed by atoms with Crippen LogP contribution in [0.15, 0.2) is 30.3 Å². The molecule has 1 saturated carbocycles. The third-order valence-electron chi connectivity index (χ3n) is 4.20. The molecule has 2 fully saturated rings. The van der Waals surface area contributed by atoms with Crippen molar-refractivity contribution in [3.05, 3.63) is 35.9 Å². The molecule has 2 aliphatic rings. The number of likely N-dealkylation sites (tertiary alicyclic amines) is 1. The standard InChI is InChI=1S/C15H16N2O4/c1-21-14(20)15(16,9-5-3-2-4-6-9)8-17-12(18)10-7-11(10)13(17)19/h2-6,10-11H,7-8,16H2,1H3. The molecule has 1 heterocycles. The summed E-state index contributed by atoms with van der Waals surface area (Å²) in [6.07, 6.45) is 0.620. The SMILES string of the molecule is COC(=O)C(N)(CN1C(=O)C2CC2C1=O)c1ccccc1. The van der Waals surface area contributed by atoms with Crippen molar-refractivity contribution in [1.29, 1.82) is 0 Å². The molecule has 0 bridgehead atoms. The minimum Gasteiger partial charge on any atom is -0.467 e. The Morgan fingerprint density at radius 3 is 2.38 bits per heavy atom. The molecule has 110 valence electrons. The number of fused-ring (bicyclic) bond motifs is 1. The smallest absolute Gasteiger partial charge is 0.332 e. The summed E-state index contributed by atoms with van der Waals surface area (Å²) < 4.78 is 4.78. The predicted octanol–water partition coefficient (Wildman–Crippen LogP) is 0.0185. The Morgan fingerprint density at radius 1 is 1.29 bits per heavy atom. The minimum atomic E-state index is -1.54. The van der Waals surface area contributed by atoms with Crippen molar-refractivity contribution < 1.29 is 19.1 Å². The second-order valence-corrected chi connectivity index (χ2v) is 5.54. The van der Waals surface area contributed by atoms with Gasteiger partial charge in [-0.1, -0.05) is 30.3 Å². The van der Waals surface area contributed by atoms with E-state index in [0.29, 0.717) is 12.0 Å². The first-order valence-electron chi connectivity index (χ1n) is 6.77. The number of benzene rings is 1. The number of piperidine rings is 1. The minimum absolute atomic E-state index is 0.186. The number of carbonyl (C=O) groups excluding carboxylic acids is 3. The van der Waals surface area contributed by atoms with Crippen LogP contribution in [0.1, 0.15) is 12.0 Å². The summed E-state index contributed by atoms with van der Waals surface area (Å²) in [7, 11) is 1.23. The zero-order chi connectivity index (χ0) is 15.2. The van der Waals surface area contributed by atoms with Crippen molar-refractivity contribution in [2.75, 3.05) is 13.7 Å². The Balaban J connectivity index is 1.92. The molecule has 21 heavy (non-hydrogen) atoms. The average molecular weight is 288 g/mol. The van der Waals surface area contributed by atoms with E-state index in [-0.39, 0.29) is 30.2 Å². The molecular weight excluding hydrogens is 272 g/mol. The lowest BCUT2D eigenvalue weighted by atomic mass is 9.90. The number of ether oxygens (including phenoxy) is 1. The number of rotatable bonds is 4. The van der Waals surface area contributed by atoms with Crippen molar-refractivity contribution in [1.82, 2.24) is 4.90 Å². The summed E-state index contributed by atoms with van der Waals surface area (Å²) in [4.78, 5) is 37.4. The highest BCUT2D eigenvalue weighted by Gasteiger charge is 2.60. The van der Waals surface area contributed by atoms with E-state index in [1.807, 2.05) is 0 Å². The van der Waals surface area contributed by atoms with Crippen LogP contribution in [-0.4, -0.2) is 36.3 Å². The van der Waals surface area contributed by atoms with Gasteiger partial charge in [-0.25, -0.2) is 4.79 Å². The van der Waals surface area contributed by atoms with Crippen LogP contribution in [0.4, 0.5) is 0 Å². The zero-order valence-electron chi connectivity index (χ0n) is 11.6. The molecule has 1 aromatic rings. The fraction of sp³-hybridized carbons (Fsp3) is 0.400. The molecule has 6 nitrogen and oxygen atoms in total. The van der Waals surface area contributed by atoms with Gasteiger partial charge in [0.05, 0.1) is 25.5 Å². The normalized spacial score (nSPS) is 26.3. The molecular formula is C15H16N2O4. The van der Waals surface area contributed by atoms with Gasteiger partial charge in [0.2, 0.25) is 11.8 Å². The third kappa shape index (κ3) is 2.03. The predicted molar refractivity (Wildman–Crippen MR) is 72.6 cm³/mol. The summed E-state index contributed by atoms with van der Waals surface area (Å²) in [5, 5.41) is 0. The lowest BCUT2D eigenvalue weighted by Crippen LogP contribution is -2.55. The molecule has 2 N–H and O–H groups in total. The van der Waals surface area contributed by atoms with Crippen LogP contribution in [0.3, 0.4) is 0 Å². The second-order valence-electron chi connectivity index (χ2n) is 5.54. The Kier molecular flexibility index (Phi) is 3.06. The zero-order valence-corrected chi connectivity index (χ0v) is 11.6. The van der Waals surface area contributed by atoms with Crippen molar-refractivity contribution >= 4 is 17.8 Å². The van der Waals surface area contributed by atoms with Gasteiger partial charge >= 0.3 is 5.97 Å². The first-order chi connectivity index (χ1) is 9.99. The van der Waals surface area contributed by atoms with Crippen LogP contribution in [0.5, 0.6) is 0 Å². The van der Waals surface area contributed by atoms with Crippen LogP contribution in [-0.2, 0) is 24.7 Å². The molecule has 1 saturated heterocycles. The van der Waals surface area contributed by atoms with Gasteiger partial charge in [0.25, 0.3) is 0 Å². The van der Waals surface area contributed by atoms with Crippen LogP contribution >= 0.6 is 0 Å². The summed E-state index contributed by atoms with van der Waals surface area (Å²) in [5.41, 5.74) is 5.19. The van der Waals surface area contributed by atoms with Crippen LogP contribution < -0.4 is 5.73 Å². The summed E-state index contributed by atoms with van der Waals surface area (Å²) in [6, 6.07) is 8.64. The van der Waals surface area contributed by atoms with Gasteiger partial charge in [0.15, 0.2) is 5.54 Å². The van der Waals surface area contributed by atoms with Crippen molar-refractivity contribution in [3.8, 4) is 0 Å². The number of carbonyl (C=O) groups is 3. The monoisotopic (exact) mass is 288 g/mol. The van der Waals surface area contributed by atoms with E-state index >= 15 is 0 Å². The van der Waals surface area contributed by atoms with Gasteiger partial charge < -0.3 is 10.5 Å². The molecule has 0 spiro atoms. The van der Waals surface area contributed by atoms with Crippen LogP contribution in [0.25, 0.3) is 0 Å². The summed E-state index contributed by atoms with van der Waals surface area (Å²) >= 11 is 0. The topological polar surface area (TPSA) is 89.7 Å². The highest BCUT2D eigenvalue weighted by atomic mass is 16.5. The van der Waals surface area contributed by atoms with Gasteiger partial charge in [0.1, 0.15) is 0 Å². The largest absolute Gasteiger partial charge is 0.467 e. The fourth-order valence-electron chi connectivity index (χ4n) is 2.85. The molecule has 1 aliphatic carbocycles. The fourth-order valence-corrected chi connectivity index (χ4v) is 2.85. The quantitative estimate of drug-likeness (QED) is 0.623. The van der Waals surface area contributed by atoms with E-state index < -0.39 is 11.5 Å². The van der Waals surface area contributed by atoms with Crippen molar-refractivity contribution in [2.45, 2.75) is 12.0 Å². The highest BCUT2D eigenvalue weighted by molar-refractivity contribution is 6.09. The van der Waals surface area contributed by atoms with Gasteiger partial charge in [-0.15, -0.1) is 0 Å². The number of imide groups is 1. The Morgan fingerprint density at radius 2 is 1.86 bits per heavy atom. The van der Waals surface area contributed by atoms with E-state index in [2.05, 4.69) is 0 Å². The summed E-state index contributed by atoms with van der Waals surface area (Å²) in [6.45, 7) is -0.186. The Bertz CT molecular complexity index is 595. The van der Waals surface area contributed by atoms with Gasteiger partial charge in [-0.2, -0.15) is 0 Å². The maximum atomic E-state index is 12.1.